The zero-order valence-corrected chi connectivity index (χ0v) is 16.1. The quantitative estimate of drug-likeness (QED) is 0.576. The third-order valence-electron chi connectivity index (χ3n) is 3.83. The molecule has 0 bridgehead atoms. The van der Waals surface area contributed by atoms with Crippen LogP contribution in [0.1, 0.15) is 5.56 Å². The van der Waals surface area contributed by atoms with Crippen molar-refractivity contribution in [3.63, 3.8) is 0 Å². The molecule has 1 aromatic heterocycles. The van der Waals surface area contributed by atoms with Gasteiger partial charge in [-0.05, 0) is 42.5 Å². The second kappa shape index (κ2) is 8.95. The van der Waals surface area contributed by atoms with Crippen LogP contribution in [-0.2, 0) is 11.0 Å². The molecule has 2 aromatic carbocycles. The lowest BCUT2D eigenvalue weighted by Crippen LogP contribution is -2.15. The first kappa shape index (κ1) is 20.7. The minimum atomic E-state index is -4.46. The largest absolute Gasteiger partial charge is 0.497 e. The van der Waals surface area contributed by atoms with Gasteiger partial charge in [0.15, 0.2) is 0 Å². The van der Waals surface area contributed by atoms with Crippen LogP contribution in [0.5, 0.6) is 5.75 Å². The highest BCUT2D eigenvalue weighted by molar-refractivity contribution is 7.99. The molecule has 0 unspecified atom stereocenters. The standard InChI is InChI=1S/C20H16F3N3O2S/c1-28-16-7-2-4-13(10-16)17-8-9-19(26-25-17)29-12-18(27)24-15-6-3-5-14(11-15)20(21,22)23/h2-11H,12H2,1H3,(H,24,27). The number of nitrogens with zero attached hydrogens (tertiary/aromatic N) is 2. The first-order valence-corrected chi connectivity index (χ1v) is 9.42. The number of ether oxygens (including phenoxy) is 1. The molecule has 3 aromatic rings. The van der Waals surface area contributed by atoms with Gasteiger partial charge in [-0.3, -0.25) is 4.79 Å². The van der Waals surface area contributed by atoms with Crippen molar-refractivity contribution in [1.29, 1.82) is 0 Å². The molecule has 0 aliphatic carbocycles. The topological polar surface area (TPSA) is 64.1 Å². The molecule has 29 heavy (non-hydrogen) atoms. The molecule has 0 radical (unpaired) electrons. The van der Waals surface area contributed by atoms with Crippen LogP contribution in [-0.4, -0.2) is 29.0 Å². The van der Waals surface area contributed by atoms with Gasteiger partial charge in [0.25, 0.3) is 0 Å². The highest BCUT2D eigenvalue weighted by Gasteiger charge is 2.30. The molecule has 150 valence electrons. The van der Waals surface area contributed by atoms with Gasteiger partial charge in [0.1, 0.15) is 10.8 Å². The molecule has 0 saturated carbocycles. The summed E-state index contributed by atoms with van der Waals surface area (Å²) >= 11 is 1.14. The summed E-state index contributed by atoms with van der Waals surface area (Å²) in [5.74, 6) is 0.255. The van der Waals surface area contributed by atoms with Gasteiger partial charge >= 0.3 is 6.18 Å². The number of nitrogens with one attached hydrogen (secondary N) is 1. The molecule has 1 heterocycles. The van der Waals surface area contributed by atoms with Crippen LogP contribution >= 0.6 is 11.8 Å². The number of thioether (sulfide) groups is 1. The number of alkyl halides is 3. The molecule has 3 rings (SSSR count). The van der Waals surface area contributed by atoms with Gasteiger partial charge in [-0.25, -0.2) is 0 Å². The fourth-order valence-electron chi connectivity index (χ4n) is 2.44. The lowest BCUT2D eigenvalue weighted by molar-refractivity contribution is -0.137. The van der Waals surface area contributed by atoms with Crippen molar-refractivity contribution in [2.24, 2.45) is 0 Å². The molecule has 0 aliphatic heterocycles. The van der Waals surface area contributed by atoms with Crippen molar-refractivity contribution in [2.75, 3.05) is 18.2 Å². The highest BCUT2D eigenvalue weighted by atomic mass is 32.2. The maximum atomic E-state index is 12.7. The fraction of sp³-hybridized carbons (Fsp3) is 0.150. The Balaban J connectivity index is 1.58. The van der Waals surface area contributed by atoms with Gasteiger partial charge < -0.3 is 10.1 Å². The summed E-state index contributed by atoms with van der Waals surface area (Å²) in [5, 5.41) is 11.2. The normalized spacial score (nSPS) is 11.2. The van der Waals surface area contributed by atoms with Crippen molar-refractivity contribution in [1.82, 2.24) is 10.2 Å². The summed E-state index contributed by atoms with van der Waals surface area (Å²) in [4.78, 5) is 12.0. The number of hydrogen-bond acceptors (Lipinski definition) is 5. The Hall–Kier alpha value is -3.07. The van der Waals surface area contributed by atoms with Crippen LogP contribution in [0.4, 0.5) is 18.9 Å². The Morgan fingerprint density at radius 3 is 2.55 bits per heavy atom. The van der Waals surface area contributed by atoms with Crippen LogP contribution < -0.4 is 10.1 Å². The van der Waals surface area contributed by atoms with Crippen molar-refractivity contribution in [3.05, 3.63) is 66.2 Å². The molecule has 0 saturated heterocycles. The van der Waals surface area contributed by atoms with Crippen LogP contribution in [0.3, 0.4) is 0 Å². The highest BCUT2D eigenvalue weighted by Crippen LogP contribution is 2.30. The van der Waals surface area contributed by atoms with Crippen LogP contribution in [0.25, 0.3) is 11.3 Å². The third kappa shape index (κ3) is 5.71. The molecule has 0 atom stereocenters. The van der Waals surface area contributed by atoms with E-state index in [-0.39, 0.29) is 11.4 Å². The van der Waals surface area contributed by atoms with Gasteiger partial charge in [0.2, 0.25) is 5.91 Å². The monoisotopic (exact) mass is 419 g/mol. The maximum Gasteiger partial charge on any atom is 0.416 e. The van der Waals surface area contributed by atoms with E-state index in [4.69, 9.17) is 4.74 Å². The number of amides is 1. The Morgan fingerprint density at radius 2 is 1.86 bits per heavy atom. The average Bonchev–Trinajstić information content (AvgIpc) is 2.72. The number of rotatable bonds is 6. The molecule has 9 heteroatoms. The molecule has 1 N–H and O–H groups in total. The number of carbonyl (C=O) groups excluding carboxylic acids is 1. The Kier molecular flexibility index (Phi) is 6.38. The van der Waals surface area contributed by atoms with Gasteiger partial charge in [-0.15, -0.1) is 10.2 Å². The SMILES string of the molecule is COc1cccc(-c2ccc(SCC(=O)Nc3cccc(C(F)(F)F)c3)nn2)c1. The van der Waals surface area contributed by atoms with E-state index >= 15 is 0 Å². The van der Waals surface area contributed by atoms with E-state index in [2.05, 4.69) is 15.5 Å². The van der Waals surface area contributed by atoms with E-state index in [1.54, 1.807) is 19.2 Å². The van der Waals surface area contributed by atoms with Crippen molar-refractivity contribution in [3.8, 4) is 17.0 Å². The molecule has 5 nitrogen and oxygen atoms in total. The lowest BCUT2D eigenvalue weighted by atomic mass is 10.1. The molecule has 0 fully saturated rings. The molecule has 1 amide bonds. The zero-order chi connectivity index (χ0) is 20.9. The first-order valence-electron chi connectivity index (χ1n) is 8.43. The molecule has 0 aliphatic rings. The van der Waals surface area contributed by atoms with Crippen molar-refractivity contribution >= 4 is 23.4 Å². The van der Waals surface area contributed by atoms with E-state index in [9.17, 15) is 18.0 Å². The Bertz CT molecular complexity index is 995. The van der Waals surface area contributed by atoms with Gasteiger partial charge in [0.05, 0.1) is 24.1 Å². The van der Waals surface area contributed by atoms with Gasteiger partial charge in [-0.1, -0.05) is 30.0 Å². The maximum absolute atomic E-state index is 12.7. The third-order valence-corrected chi connectivity index (χ3v) is 4.75. The summed E-state index contributed by atoms with van der Waals surface area (Å²) < 4.78 is 43.4. The summed E-state index contributed by atoms with van der Waals surface area (Å²) in [5.41, 5.74) is 0.768. The molecular weight excluding hydrogens is 403 g/mol. The van der Waals surface area contributed by atoms with Crippen LogP contribution in [0.15, 0.2) is 65.7 Å². The van der Waals surface area contributed by atoms with Crippen LogP contribution in [0.2, 0.25) is 0 Å². The van der Waals surface area contributed by atoms with E-state index in [1.807, 2.05) is 24.3 Å². The minimum Gasteiger partial charge on any atom is -0.497 e. The summed E-state index contributed by atoms with van der Waals surface area (Å²) in [6.45, 7) is 0. The summed E-state index contributed by atoms with van der Waals surface area (Å²) in [6, 6.07) is 15.4. The van der Waals surface area contributed by atoms with E-state index in [0.717, 1.165) is 29.5 Å². The van der Waals surface area contributed by atoms with Crippen molar-refractivity contribution in [2.45, 2.75) is 11.2 Å². The second-order valence-corrected chi connectivity index (χ2v) is 6.90. The van der Waals surface area contributed by atoms with Crippen molar-refractivity contribution < 1.29 is 22.7 Å². The predicted molar refractivity (Wildman–Crippen MR) is 105 cm³/mol. The van der Waals surface area contributed by atoms with Crippen LogP contribution in [0, 0.1) is 0 Å². The average molecular weight is 419 g/mol. The van der Waals surface area contributed by atoms with Gasteiger partial charge in [-0.2, -0.15) is 13.2 Å². The lowest BCUT2D eigenvalue weighted by Gasteiger charge is -2.09. The number of anilines is 1. The second-order valence-electron chi connectivity index (χ2n) is 5.90. The Morgan fingerprint density at radius 1 is 1.07 bits per heavy atom. The number of hydrogen-bond donors (Lipinski definition) is 1. The number of carbonyl (C=O) groups is 1. The minimum absolute atomic E-state index is 0.0105. The van der Waals surface area contributed by atoms with E-state index in [0.29, 0.717) is 16.5 Å². The smallest absolute Gasteiger partial charge is 0.416 e. The number of benzene rings is 2. The number of halogens is 3. The zero-order valence-electron chi connectivity index (χ0n) is 15.2. The summed E-state index contributed by atoms with van der Waals surface area (Å²) in [7, 11) is 1.58. The molecular formula is C20H16F3N3O2S. The fourth-order valence-corrected chi connectivity index (χ4v) is 3.06. The van der Waals surface area contributed by atoms with Gasteiger partial charge in [0, 0.05) is 11.3 Å². The Labute approximate surface area is 169 Å². The molecule has 0 spiro atoms. The summed E-state index contributed by atoms with van der Waals surface area (Å²) in [6.07, 6.45) is -4.46. The number of methoxy groups -OCH3 is 1. The van der Waals surface area contributed by atoms with E-state index in [1.165, 1.54) is 12.1 Å². The predicted octanol–water partition coefficient (Wildman–Crippen LogP) is 4.90. The number of aromatic nitrogens is 2. The van der Waals surface area contributed by atoms with E-state index < -0.39 is 17.6 Å². The first-order chi connectivity index (χ1) is 13.8.